The van der Waals surface area contributed by atoms with Gasteiger partial charge in [-0.1, -0.05) is 26.0 Å². The summed E-state index contributed by atoms with van der Waals surface area (Å²) in [6.07, 6.45) is 0. The van der Waals surface area contributed by atoms with Gasteiger partial charge in [0, 0.05) is 12.0 Å². The summed E-state index contributed by atoms with van der Waals surface area (Å²) in [6.45, 7) is 11.8. The molecule has 3 nitrogen and oxygen atoms in total. The number of rotatable bonds is 5. The van der Waals surface area contributed by atoms with Crippen molar-refractivity contribution in [3.63, 3.8) is 0 Å². The predicted octanol–water partition coefficient (Wildman–Crippen LogP) is 2.65. The number of nitrogens with one attached hydrogen (secondary N) is 1. The van der Waals surface area contributed by atoms with E-state index in [2.05, 4.69) is 56.8 Å². The molecule has 0 aromatic heterocycles. The number of hydrogen-bond donors (Lipinski definition) is 1. The Morgan fingerprint density at radius 2 is 1.74 bits per heavy atom. The van der Waals surface area contributed by atoms with Gasteiger partial charge in [0.2, 0.25) is 0 Å². The van der Waals surface area contributed by atoms with Crippen LogP contribution >= 0.6 is 0 Å². The quantitative estimate of drug-likeness (QED) is 0.830. The summed E-state index contributed by atoms with van der Waals surface area (Å²) < 4.78 is 4.63. The average Bonchev–Trinajstić information content (AvgIpc) is 2.33. The first kappa shape index (κ1) is 15.7. The summed E-state index contributed by atoms with van der Waals surface area (Å²) in [5.41, 5.74) is 5.23. The molecule has 0 unspecified atom stereocenters. The van der Waals surface area contributed by atoms with Gasteiger partial charge in [-0.3, -0.25) is 4.79 Å². The standard InChI is InChI=1S/C16H25NO2/c1-11-7-13(3)14(8-12(11)2)16(4,5)10-17-9-15(18)19-6/h7-8,17H,9-10H2,1-6H3. The van der Waals surface area contributed by atoms with Crippen molar-refractivity contribution >= 4 is 5.97 Å². The molecule has 3 heteroatoms. The van der Waals surface area contributed by atoms with E-state index in [9.17, 15) is 4.79 Å². The maximum Gasteiger partial charge on any atom is 0.319 e. The highest BCUT2D eigenvalue weighted by atomic mass is 16.5. The van der Waals surface area contributed by atoms with Gasteiger partial charge in [0.05, 0.1) is 13.7 Å². The molecule has 0 aliphatic heterocycles. The van der Waals surface area contributed by atoms with Gasteiger partial charge in [0.25, 0.3) is 0 Å². The molecule has 1 aromatic rings. The van der Waals surface area contributed by atoms with Gasteiger partial charge in [-0.2, -0.15) is 0 Å². The minimum absolute atomic E-state index is 0.0173. The molecule has 0 aliphatic carbocycles. The van der Waals surface area contributed by atoms with Gasteiger partial charge in [0.15, 0.2) is 0 Å². The second-order valence-electron chi connectivity index (χ2n) is 5.81. The zero-order valence-corrected chi connectivity index (χ0v) is 12.9. The summed E-state index contributed by atoms with van der Waals surface area (Å²) in [7, 11) is 1.41. The zero-order chi connectivity index (χ0) is 14.6. The van der Waals surface area contributed by atoms with Crippen LogP contribution in [0.3, 0.4) is 0 Å². The summed E-state index contributed by atoms with van der Waals surface area (Å²) >= 11 is 0. The van der Waals surface area contributed by atoms with Crippen molar-refractivity contribution in [3.8, 4) is 0 Å². The lowest BCUT2D eigenvalue weighted by molar-refractivity contribution is -0.139. The van der Waals surface area contributed by atoms with E-state index in [-0.39, 0.29) is 17.9 Å². The van der Waals surface area contributed by atoms with E-state index in [0.29, 0.717) is 0 Å². The minimum Gasteiger partial charge on any atom is -0.468 e. The number of carbonyl (C=O) groups excluding carboxylic acids is 1. The molecule has 0 aliphatic rings. The van der Waals surface area contributed by atoms with Crippen LogP contribution in [0.5, 0.6) is 0 Å². The molecule has 0 heterocycles. The van der Waals surface area contributed by atoms with Gasteiger partial charge in [-0.25, -0.2) is 0 Å². The highest BCUT2D eigenvalue weighted by Crippen LogP contribution is 2.28. The molecule has 0 spiro atoms. The number of esters is 1. The Morgan fingerprint density at radius 1 is 1.16 bits per heavy atom. The molecular formula is C16H25NO2. The molecule has 1 rings (SSSR count). The van der Waals surface area contributed by atoms with Crippen LogP contribution in [0, 0.1) is 20.8 Å². The fraction of sp³-hybridized carbons (Fsp3) is 0.562. The topological polar surface area (TPSA) is 38.3 Å². The predicted molar refractivity (Wildman–Crippen MR) is 78.6 cm³/mol. The van der Waals surface area contributed by atoms with Crippen molar-refractivity contribution in [1.82, 2.24) is 5.32 Å². The lowest BCUT2D eigenvalue weighted by Gasteiger charge is -2.28. The molecule has 0 saturated carbocycles. The fourth-order valence-electron chi connectivity index (χ4n) is 2.33. The van der Waals surface area contributed by atoms with E-state index in [4.69, 9.17) is 0 Å². The summed E-state index contributed by atoms with van der Waals surface area (Å²) in [4.78, 5) is 11.1. The van der Waals surface area contributed by atoms with E-state index < -0.39 is 0 Å². The monoisotopic (exact) mass is 263 g/mol. The SMILES string of the molecule is COC(=O)CNCC(C)(C)c1cc(C)c(C)cc1C. The van der Waals surface area contributed by atoms with Gasteiger partial charge >= 0.3 is 5.97 Å². The Hall–Kier alpha value is -1.35. The van der Waals surface area contributed by atoms with Crippen molar-refractivity contribution in [3.05, 3.63) is 34.4 Å². The van der Waals surface area contributed by atoms with Crippen LogP contribution in [0.15, 0.2) is 12.1 Å². The van der Waals surface area contributed by atoms with Crippen LogP contribution < -0.4 is 5.32 Å². The Bertz CT molecular complexity index is 464. The third kappa shape index (κ3) is 4.06. The smallest absolute Gasteiger partial charge is 0.319 e. The average molecular weight is 263 g/mol. The van der Waals surface area contributed by atoms with Crippen LogP contribution in [0.1, 0.15) is 36.1 Å². The minimum atomic E-state index is -0.229. The Kier molecular flexibility index (Phi) is 5.12. The second-order valence-corrected chi connectivity index (χ2v) is 5.81. The van der Waals surface area contributed by atoms with Crippen molar-refractivity contribution in [2.24, 2.45) is 0 Å². The van der Waals surface area contributed by atoms with E-state index in [1.807, 2.05) is 0 Å². The molecule has 0 fully saturated rings. The van der Waals surface area contributed by atoms with Crippen LogP contribution in [0.4, 0.5) is 0 Å². The molecule has 106 valence electrons. The number of ether oxygens (including phenoxy) is 1. The van der Waals surface area contributed by atoms with Crippen LogP contribution in [-0.4, -0.2) is 26.2 Å². The third-order valence-corrected chi connectivity index (χ3v) is 3.63. The number of benzene rings is 1. The highest BCUT2D eigenvalue weighted by Gasteiger charge is 2.23. The van der Waals surface area contributed by atoms with E-state index >= 15 is 0 Å². The number of carbonyl (C=O) groups is 1. The lowest BCUT2D eigenvalue weighted by atomic mass is 9.80. The van der Waals surface area contributed by atoms with E-state index in [1.165, 1.54) is 29.4 Å². The summed E-state index contributed by atoms with van der Waals surface area (Å²) in [5, 5.41) is 3.16. The van der Waals surface area contributed by atoms with Crippen molar-refractivity contribution < 1.29 is 9.53 Å². The molecule has 0 atom stereocenters. The molecule has 1 aromatic carbocycles. The van der Waals surface area contributed by atoms with Gasteiger partial charge in [0.1, 0.15) is 0 Å². The number of aryl methyl sites for hydroxylation is 3. The first-order valence-electron chi connectivity index (χ1n) is 6.64. The molecule has 0 radical (unpaired) electrons. The van der Waals surface area contributed by atoms with Crippen molar-refractivity contribution in [2.45, 2.75) is 40.0 Å². The maximum atomic E-state index is 11.1. The Balaban J connectivity index is 2.82. The highest BCUT2D eigenvalue weighted by molar-refractivity contribution is 5.71. The first-order chi connectivity index (χ1) is 8.77. The maximum absolute atomic E-state index is 11.1. The fourth-order valence-corrected chi connectivity index (χ4v) is 2.33. The van der Waals surface area contributed by atoms with E-state index in [1.54, 1.807) is 0 Å². The molecule has 19 heavy (non-hydrogen) atoms. The molecule has 0 bridgehead atoms. The third-order valence-electron chi connectivity index (χ3n) is 3.63. The molecule has 0 amide bonds. The van der Waals surface area contributed by atoms with Gasteiger partial charge < -0.3 is 10.1 Å². The zero-order valence-electron chi connectivity index (χ0n) is 12.9. The number of methoxy groups -OCH3 is 1. The molecular weight excluding hydrogens is 238 g/mol. The van der Waals surface area contributed by atoms with Crippen molar-refractivity contribution in [2.75, 3.05) is 20.2 Å². The molecule has 0 saturated heterocycles. The second kappa shape index (κ2) is 6.20. The largest absolute Gasteiger partial charge is 0.468 e. The Labute approximate surface area is 116 Å². The lowest BCUT2D eigenvalue weighted by Crippen LogP contribution is -2.36. The van der Waals surface area contributed by atoms with E-state index in [0.717, 1.165) is 6.54 Å². The van der Waals surface area contributed by atoms with Crippen LogP contribution in [-0.2, 0) is 14.9 Å². The van der Waals surface area contributed by atoms with Crippen LogP contribution in [0.25, 0.3) is 0 Å². The Morgan fingerprint density at radius 3 is 2.32 bits per heavy atom. The molecule has 1 N–H and O–H groups in total. The van der Waals surface area contributed by atoms with Crippen molar-refractivity contribution in [1.29, 1.82) is 0 Å². The van der Waals surface area contributed by atoms with Gasteiger partial charge in [-0.15, -0.1) is 0 Å². The normalized spacial score (nSPS) is 11.5. The summed E-state index contributed by atoms with van der Waals surface area (Å²) in [6, 6.07) is 4.48. The number of hydrogen-bond acceptors (Lipinski definition) is 3. The summed E-state index contributed by atoms with van der Waals surface area (Å²) in [5.74, 6) is -0.229. The van der Waals surface area contributed by atoms with Crippen LogP contribution in [0.2, 0.25) is 0 Å². The van der Waals surface area contributed by atoms with Gasteiger partial charge in [-0.05, 0) is 43.0 Å². The first-order valence-corrected chi connectivity index (χ1v) is 6.64.